The summed E-state index contributed by atoms with van der Waals surface area (Å²) in [5, 5.41) is 12.1. The quantitative estimate of drug-likeness (QED) is 0.483. The molecular formula is C27H27NO6. The van der Waals surface area contributed by atoms with E-state index in [-0.39, 0.29) is 18.9 Å². The van der Waals surface area contributed by atoms with Gasteiger partial charge in [0.15, 0.2) is 11.5 Å². The normalized spacial score (nSPS) is 12.9. The zero-order chi connectivity index (χ0) is 24.1. The number of fused-ring (bicyclic) bond motifs is 3. The molecular weight excluding hydrogens is 434 g/mol. The Kier molecular flexibility index (Phi) is 7.01. The molecule has 0 aliphatic heterocycles. The summed E-state index contributed by atoms with van der Waals surface area (Å²) >= 11 is 0. The van der Waals surface area contributed by atoms with Crippen molar-refractivity contribution in [1.29, 1.82) is 0 Å². The molecule has 0 saturated carbocycles. The molecule has 34 heavy (non-hydrogen) atoms. The van der Waals surface area contributed by atoms with E-state index in [2.05, 4.69) is 17.4 Å². The van der Waals surface area contributed by atoms with Crippen molar-refractivity contribution in [1.82, 2.24) is 5.32 Å². The third-order valence-electron chi connectivity index (χ3n) is 6.10. The Morgan fingerprint density at radius 3 is 2.12 bits per heavy atom. The van der Waals surface area contributed by atoms with Crippen molar-refractivity contribution in [2.45, 2.75) is 24.8 Å². The lowest BCUT2D eigenvalue weighted by atomic mass is 9.98. The second kappa shape index (κ2) is 10.3. The van der Waals surface area contributed by atoms with Crippen LogP contribution >= 0.6 is 0 Å². The fraction of sp³-hybridized carbons (Fsp3) is 0.259. The molecule has 0 bridgehead atoms. The minimum Gasteiger partial charge on any atom is -0.493 e. The topological polar surface area (TPSA) is 94.1 Å². The molecule has 4 rings (SSSR count). The van der Waals surface area contributed by atoms with Gasteiger partial charge < -0.3 is 24.6 Å². The van der Waals surface area contributed by atoms with Gasteiger partial charge in [0.1, 0.15) is 12.6 Å². The smallest absolute Gasteiger partial charge is 0.407 e. The number of carbonyl (C=O) groups is 2. The Morgan fingerprint density at radius 2 is 1.53 bits per heavy atom. The van der Waals surface area contributed by atoms with Crippen LogP contribution in [0.15, 0.2) is 66.7 Å². The Labute approximate surface area is 198 Å². The number of carbonyl (C=O) groups excluding carboxylic acids is 1. The summed E-state index contributed by atoms with van der Waals surface area (Å²) in [7, 11) is 3.09. The van der Waals surface area contributed by atoms with E-state index in [1.807, 2.05) is 42.5 Å². The van der Waals surface area contributed by atoms with E-state index in [0.717, 1.165) is 27.8 Å². The minimum atomic E-state index is -1.12. The minimum absolute atomic E-state index is 0.0896. The van der Waals surface area contributed by atoms with Crippen LogP contribution in [0.2, 0.25) is 0 Å². The van der Waals surface area contributed by atoms with Crippen LogP contribution in [0.3, 0.4) is 0 Å². The van der Waals surface area contributed by atoms with Gasteiger partial charge in [0.2, 0.25) is 0 Å². The summed E-state index contributed by atoms with van der Waals surface area (Å²) in [6, 6.07) is 20.4. The molecule has 0 aromatic heterocycles. The predicted molar refractivity (Wildman–Crippen MR) is 127 cm³/mol. The Hall–Kier alpha value is -4.00. The van der Waals surface area contributed by atoms with Crippen LogP contribution in [0.4, 0.5) is 4.79 Å². The number of aryl methyl sites for hydroxylation is 1. The highest BCUT2D eigenvalue weighted by Gasteiger charge is 2.29. The van der Waals surface area contributed by atoms with Crippen LogP contribution in [0, 0.1) is 0 Å². The van der Waals surface area contributed by atoms with E-state index in [4.69, 9.17) is 14.2 Å². The second-order valence-corrected chi connectivity index (χ2v) is 8.09. The fourth-order valence-corrected chi connectivity index (χ4v) is 4.39. The van der Waals surface area contributed by atoms with E-state index in [1.165, 1.54) is 0 Å². The number of rotatable bonds is 9. The van der Waals surface area contributed by atoms with Crippen LogP contribution < -0.4 is 14.8 Å². The first kappa shape index (κ1) is 23.2. The fourth-order valence-electron chi connectivity index (χ4n) is 4.39. The highest BCUT2D eigenvalue weighted by atomic mass is 16.5. The summed E-state index contributed by atoms with van der Waals surface area (Å²) in [5.41, 5.74) is 5.33. The summed E-state index contributed by atoms with van der Waals surface area (Å²) in [6.45, 7) is 0.127. The van der Waals surface area contributed by atoms with Gasteiger partial charge in [0.25, 0.3) is 0 Å². The third kappa shape index (κ3) is 4.83. The number of hydrogen-bond acceptors (Lipinski definition) is 5. The molecule has 0 saturated heterocycles. The maximum absolute atomic E-state index is 12.5. The number of ether oxygens (including phenoxy) is 3. The number of nitrogens with one attached hydrogen (secondary N) is 1. The Balaban J connectivity index is 1.37. The molecule has 0 heterocycles. The highest BCUT2D eigenvalue weighted by Crippen LogP contribution is 2.44. The average molecular weight is 462 g/mol. The van der Waals surface area contributed by atoms with Crippen LogP contribution in [-0.4, -0.2) is 44.0 Å². The summed E-state index contributed by atoms with van der Waals surface area (Å²) in [5.74, 6) is -0.0451. The van der Waals surface area contributed by atoms with Gasteiger partial charge in [-0.1, -0.05) is 54.6 Å². The van der Waals surface area contributed by atoms with Crippen LogP contribution in [0.1, 0.15) is 29.0 Å². The molecule has 1 aliphatic carbocycles. The SMILES string of the molecule is COc1ccc(CC[C@@H](NC(=O)OCC2c3ccccc3-c3ccccc32)C(=O)O)cc1OC. The van der Waals surface area contributed by atoms with Crippen molar-refractivity contribution in [3.63, 3.8) is 0 Å². The first-order valence-electron chi connectivity index (χ1n) is 11.1. The summed E-state index contributed by atoms with van der Waals surface area (Å²) in [4.78, 5) is 24.3. The molecule has 3 aromatic carbocycles. The monoisotopic (exact) mass is 461 g/mol. The molecule has 0 radical (unpaired) electrons. The number of benzene rings is 3. The Bertz CT molecular complexity index is 1150. The molecule has 1 atom stereocenters. The molecule has 2 N–H and O–H groups in total. The van der Waals surface area contributed by atoms with Gasteiger partial charge in [-0.15, -0.1) is 0 Å². The van der Waals surface area contributed by atoms with Crippen molar-refractivity contribution in [3.05, 3.63) is 83.4 Å². The van der Waals surface area contributed by atoms with Gasteiger partial charge in [0.05, 0.1) is 14.2 Å². The molecule has 7 heteroatoms. The number of alkyl carbamates (subject to hydrolysis) is 1. The maximum atomic E-state index is 12.5. The van der Waals surface area contributed by atoms with E-state index in [1.54, 1.807) is 26.4 Å². The standard InChI is InChI=1S/C27H27NO6/c1-32-24-14-12-17(15-25(24)33-2)11-13-23(26(29)30)28-27(31)34-16-22-20-9-5-3-7-18(20)19-8-4-6-10-21(19)22/h3-10,12,14-15,22-23H,11,13,16H2,1-2H3,(H,28,31)(H,29,30)/t23-/m1/s1. The van der Waals surface area contributed by atoms with Crippen molar-refractivity contribution in [3.8, 4) is 22.6 Å². The lowest BCUT2D eigenvalue weighted by Gasteiger charge is -2.18. The number of methoxy groups -OCH3 is 2. The largest absolute Gasteiger partial charge is 0.493 e. The molecule has 3 aromatic rings. The number of hydrogen-bond donors (Lipinski definition) is 2. The third-order valence-corrected chi connectivity index (χ3v) is 6.10. The number of carboxylic acid groups (broad SMARTS) is 1. The zero-order valence-corrected chi connectivity index (χ0v) is 19.1. The van der Waals surface area contributed by atoms with Crippen molar-refractivity contribution in [2.24, 2.45) is 0 Å². The number of carboxylic acids is 1. The average Bonchev–Trinajstić information content (AvgIpc) is 3.18. The zero-order valence-electron chi connectivity index (χ0n) is 19.1. The van der Waals surface area contributed by atoms with Crippen molar-refractivity contribution < 1.29 is 28.9 Å². The lowest BCUT2D eigenvalue weighted by Crippen LogP contribution is -2.41. The van der Waals surface area contributed by atoms with E-state index >= 15 is 0 Å². The van der Waals surface area contributed by atoms with Crippen LogP contribution in [-0.2, 0) is 16.0 Å². The van der Waals surface area contributed by atoms with Gasteiger partial charge in [0, 0.05) is 5.92 Å². The lowest BCUT2D eigenvalue weighted by molar-refractivity contribution is -0.139. The van der Waals surface area contributed by atoms with E-state index < -0.39 is 18.1 Å². The summed E-state index contributed by atoms with van der Waals surface area (Å²) < 4.78 is 16.0. The Morgan fingerprint density at radius 1 is 0.912 bits per heavy atom. The summed E-state index contributed by atoms with van der Waals surface area (Å²) in [6.07, 6.45) is -0.114. The molecule has 1 amide bonds. The molecule has 0 fully saturated rings. The van der Waals surface area contributed by atoms with Crippen molar-refractivity contribution in [2.75, 3.05) is 20.8 Å². The number of amides is 1. The van der Waals surface area contributed by atoms with Gasteiger partial charge in [-0.2, -0.15) is 0 Å². The van der Waals surface area contributed by atoms with Crippen molar-refractivity contribution >= 4 is 12.1 Å². The number of aliphatic carboxylic acids is 1. The second-order valence-electron chi connectivity index (χ2n) is 8.09. The first-order valence-corrected chi connectivity index (χ1v) is 11.1. The van der Waals surface area contributed by atoms with Crippen LogP contribution in [0.5, 0.6) is 11.5 Å². The molecule has 7 nitrogen and oxygen atoms in total. The van der Waals surface area contributed by atoms with Crippen LogP contribution in [0.25, 0.3) is 11.1 Å². The molecule has 0 spiro atoms. The first-order chi connectivity index (χ1) is 16.5. The van der Waals surface area contributed by atoms with Gasteiger partial charge in [-0.05, 0) is 52.8 Å². The molecule has 0 unspecified atom stereocenters. The van der Waals surface area contributed by atoms with Gasteiger partial charge in [-0.25, -0.2) is 9.59 Å². The van der Waals surface area contributed by atoms with Gasteiger partial charge >= 0.3 is 12.1 Å². The molecule has 176 valence electrons. The maximum Gasteiger partial charge on any atom is 0.407 e. The van der Waals surface area contributed by atoms with E-state index in [0.29, 0.717) is 17.9 Å². The predicted octanol–water partition coefficient (Wildman–Crippen LogP) is 4.63. The van der Waals surface area contributed by atoms with Gasteiger partial charge in [-0.3, -0.25) is 0 Å². The molecule has 1 aliphatic rings. The van der Waals surface area contributed by atoms with E-state index in [9.17, 15) is 14.7 Å². The highest BCUT2D eigenvalue weighted by molar-refractivity contribution is 5.81.